The van der Waals surface area contributed by atoms with Gasteiger partial charge < -0.3 is 20.1 Å². The number of carbonyl (C=O) groups excluding carboxylic acids is 2. The first-order valence-electron chi connectivity index (χ1n) is 11.5. The van der Waals surface area contributed by atoms with Crippen molar-refractivity contribution in [2.24, 2.45) is 0 Å². The van der Waals surface area contributed by atoms with E-state index in [-0.39, 0.29) is 17.9 Å². The van der Waals surface area contributed by atoms with Gasteiger partial charge in [-0.3, -0.25) is 9.59 Å². The highest BCUT2D eigenvalue weighted by Crippen LogP contribution is 2.36. The third kappa shape index (κ3) is 6.14. The summed E-state index contributed by atoms with van der Waals surface area (Å²) in [5.41, 5.74) is 3.90. The summed E-state index contributed by atoms with van der Waals surface area (Å²) in [4.78, 5) is 28.5. The van der Waals surface area contributed by atoms with Gasteiger partial charge in [-0.05, 0) is 48.7 Å². The molecule has 1 unspecified atom stereocenters. The van der Waals surface area contributed by atoms with Crippen LogP contribution in [0.4, 0.5) is 5.13 Å². The molecule has 2 N–H and O–H groups in total. The second-order valence-electron chi connectivity index (χ2n) is 8.18. The van der Waals surface area contributed by atoms with E-state index in [1.807, 2.05) is 35.7 Å². The summed E-state index contributed by atoms with van der Waals surface area (Å²) in [5.74, 6) is 1.44. The first-order chi connectivity index (χ1) is 16.5. The number of nitrogens with one attached hydrogen (secondary N) is 2. The van der Waals surface area contributed by atoms with Gasteiger partial charge in [0.2, 0.25) is 11.8 Å². The summed E-state index contributed by atoms with van der Waals surface area (Å²) in [5, 5.41) is 8.33. The predicted octanol–water partition coefficient (Wildman–Crippen LogP) is 5.13. The van der Waals surface area contributed by atoms with Crippen molar-refractivity contribution in [2.45, 2.75) is 45.6 Å². The molecule has 0 bridgehead atoms. The number of benzene rings is 2. The Hall–Kier alpha value is -3.39. The van der Waals surface area contributed by atoms with Gasteiger partial charge >= 0.3 is 0 Å². The van der Waals surface area contributed by atoms with E-state index in [2.05, 4.69) is 34.7 Å². The molecule has 1 atom stereocenters. The van der Waals surface area contributed by atoms with Crippen molar-refractivity contribution in [3.63, 3.8) is 0 Å². The molecule has 34 heavy (non-hydrogen) atoms. The molecule has 0 spiro atoms. The van der Waals surface area contributed by atoms with Crippen molar-refractivity contribution in [2.75, 3.05) is 18.5 Å². The monoisotopic (exact) mass is 479 g/mol. The summed E-state index contributed by atoms with van der Waals surface area (Å²) in [7, 11) is 0. The summed E-state index contributed by atoms with van der Waals surface area (Å²) < 4.78 is 11.4. The van der Waals surface area contributed by atoms with Crippen LogP contribution in [0.3, 0.4) is 0 Å². The number of hydrogen-bond acceptors (Lipinski definition) is 6. The molecule has 0 saturated heterocycles. The van der Waals surface area contributed by atoms with Crippen molar-refractivity contribution >= 4 is 28.3 Å². The lowest BCUT2D eigenvalue weighted by Crippen LogP contribution is -2.30. The number of aryl methyl sites for hydroxylation is 1. The lowest BCUT2D eigenvalue weighted by molar-refractivity contribution is -0.120. The summed E-state index contributed by atoms with van der Waals surface area (Å²) in [6, 6.07) is 13.8. The minimum atomic E-state index is -0.0876. The lowest BCUT2D eigenvalue weighted by atomic mass is 9.97. The maximum absolute atomic E-state index is 12.3. The molecule has 3 aromatic rings. The molecule has 0 radical (unpaired) electrons. The second kappa shape index (κ2) is 11.2. The van der Waals surface area contributed by atoms with E-state index in [0.717, 1.165) is 41.2 Å². The highest BCUT2D eigenvalue weighted by atomic mass is 32.1. The molecule has 4 rings (SSSR count). The first kappa shape index (κ1) is 23.8. The number of thiazole rings is 1. The van der Waals surface area contributed by atoms with Gasteiger partial charge in [0.15, 0.2) is 5.13 Å². The van der Waals surface area contributed by atoms with E-state index >= 15 is 0 Å². The van der Waals surface area contributed by atoms with Crippen LogP contribution in [0.5, 0.6) is 11.5 Å². The third-order valence-corrected chi connectivity index (χ3v) is 6.38. The Morgan fingerprint density at radius 3 is 2.79 bits per heavy atom. The minimum Gasteiger partial charge on any atom is -0.494 e. The normalized spacial score (nSPS) is 14.6. The molecule has 2 heterocycles. The highest BCUT2D eigenvalue weighted by molar-refractivity contribution is 7.14. The quantitative estimate of drug-likeness (QED) is 0.415. The number of anilines is 1. The van der Waals surface area contributed by atoms with Crippen molar-refractivity contribution in [3.05, 3.63) is 59.0 Å². The average molecular weight is 480 g/mol. The molecule has 2 amide bonds. The number of hydrogen-bond donors (Lipinski definition) is 2. The van der Waals surface area contributed by atoms with Crippen molar-refractivity contribution < 1.29 is 19.1 Å². The number of carbonyl (C=O) groups is 2. The molecular weight excluding hydrogens is 450 g/mol. The van der Waals surface area contributed by atoms with Crippen LogP contribution in [0.1, 0.15) is 50.3 Å². The van der Waals surface area contributed by atoms with Crippen LogP contribution in [0.15, 0.2) is 47.8 Å². The van der Waals surface area contributed by atoms with E-state index in [9.17, 15) is 9.59 Å². The fraction of sp³-hybridized carbons (Fsp3) is 0.346. The lowest BCUT2D eigenvalue weighted by Gasteiger charge is -2.26. The molecule has 178 valence electrons. The Morgan fingerprint density at radius 2 is 2.03 bits per heavy atom. The molecule has 0 saturated carbocycles. The Balaban J connectivity index is 1.30. The number of nitrogens with zero attached hydrogens (tertiary/aromatic N) is 1. The van der Waals surface area contributed by atoms with Crippen LogP contribution in [-0.4, -0.2) is 30.0 Å². The van der Waals surface area contributed by atoms with E-state index < -0.39 is 0 Å². The zero-order valence-electron chi connectivity index (χ0n) is 19.4. The minimum absolute atomic E-state index is 0.0679. The van der Waals surface area contributed by atoms with Crippen LogP contribution >= 0.6 is 11.3 Å². The second-order valence-corrected chi connectivity index (χ2v) is 9.04. The zero-order valence-corrected chi connectivity index (χ0v) is 20.2. The van der Waals surface area contributed by atoms with E-state index in [4.69, 9.17) is 9.47 Å². The third-order valence-electron chi connectivity index (χ3n) is 5.62. The Labute approximate surface area is 203 Å². The fourth-order valence-electron chi connectivity index (χ4n) is 3.84. The topological polar surface area (TPSA) is 89.5 Å². The first-order valence-corrected chi connectivity index (χ1v) is 12.4. The van der Waals surface area contributed by atoms with Crippen molar-refractivity contribution in [1.82, 2.24) is 10.3 Å². The molecular formula is C26H29N3O4S. The van der Waals surface area contributed by atoms with E-state index in [1.165, 1.54) is 23.8 Å². The smallest absolute Gasteiger partial charge is 0.226 e. The van der Waals surface area contributed by atoms with Gasteiger partial charge in [0.1, 0.15) is 11.5 Å². The van der Waals surface area contributed by atoms with Crippen LogP contribution in [0.25, 0.3) is 11.3 Å². The number of amides is 2. The molecule has 0 aliphatic carbocycles. The number of aromatic nitrogens is 1. The molecule has 1 aliphatic rings. The van der Waals surface area contributed by atoms with E-state index in [1.54, 1.807) is 0 Å². The molecule has 1 aliphatic heterocycles. The summed E-state index contributed by atoms with van der Waals surface area (Å²) in [6.45, 7) is 4.68. The molecule has 0 fully saturated rings. The van der Waals surface area contributed by atoms with Gasteiger partial charge in [-0.15, -0.1) is 11.3 Å². The van der Waals surface area contributed by atoms with Gasteiger partial charge in [0.25, 0.3) is 0 Å². The van der Waals surface area contributed by atoms with Gasteiger partial charge in [-0.2, -0.15) is 0 Å². The van der Waals surface area contributed by atoms with Crippen LogP contribution in [-0.2, 0) is 16.0 Å². The zero-order chi connectivity index (χ0) is 23.9. The van der Waals surface area contributed by atoms with Crippen molar-refractivity contribution in [1.29, 1.82) is 0 Å². The SMILES string of the molecule is CCc1ccc(OCCCC(=O)Nc2nc(-c3ccc4c(c3)C(NC(C)=O)CCO4)cs2)cc1. The maximum Gasteiger partial charge on any atom is 0.226 e. The Kier molecular flexibility index (Phi) is 7.80. The molecule has 1 aromatic heterocycles. The maximum atomic E-state index is 12.3. The highest BCUT2D eigenvalue weighted by Gasteiger charge is 2.23. The van der Waals surface area contributed by atoms with Crippen LogP contribution in [0, 0.1) is 0 Å². The standard InChI is InChI=1S/C26H29N3O4S/c1-3-18-6-9-20(10-7-18)32-13-4-5-25(31)29-26-28-23(16-34-26)19-8-11-24-21(15-19)22(12-14-33-24)27-17(2)30/h6-11,15-16,22H,3-5,12-14H2,1-2H3,(H,27,30)(H,28,29,31). The van der Waals surface area contributed by atoms with E-state index in [0.29, 0.717) is 31.2 Å². The summed E-state index contributed by atoms with van der Waals surface area (Å²) in [6.07, 6.45) is 2.70. The predicted molar refractivity (Wildman–Crippen MR) is 133 cm³/mol. The van der Waals surface area contributed by atoms with Gasteiger partial charge in [-0.1, -0.05) is 19.1 Å². The van der Waals surface area contributed by atoms with Crippen molar-refractivity contribution in [3.8, 4) is 22.8 Å². The summed E-state index contributed by atoms with van der Waals surface area (Å²) >= 11 is 1.39. The number of rotatable bonds is 9. The molecule has 7 nitrogen and oxygen atoms in total. The number of fused-ring (bicyclic) bond motifs is 1. The largest absolute Gasteiger partial charge is 0.494 e. The van der Waals surface area contributed by atoms with Gasteiger partial charge in [0.05, 0.1) is 24.9 Å². The molecule has 8 heteroatoms. The van der Waals surface area contributed by atoms with Crippen LogP contribution in [0.2, 0.25) is 0 Å². The molecule has 2 aromatic carbocycles. The van der Waals surface area contributed by atoms with Crippen LogP contribution < -0.4 is 20.1 Å². The Morgan fingerprint density at radius 1 is 1.21 bits per heavy atom. The fourth-order valence-corrected chi connectivity index (χ4v) is 4.57. The van der Waals surface area contributed by atoms with Gasteiger partial charge in [-0.25, -0.2) is 4.98 Å². The van der Waals surface area contributed by atoms with Gasteiger partial charge in [0, 0.05) is 36.3 Å². The average Bonchev–Trinajstić information content (AvgIpc) is 3.30. The number of ether oxygens (including phenoxy) is 2. The Bertz CT molecular complexity index is 1140.